The van der Waals surface area contributed by atoms with Crippen molar-refractivity contribution in [2.24, 2.45) is 5.41 Å². The molecule has 2 N–H and O–H groups in total. The molecule has 0 saturated carbocycles. The Morgan fingerprint density at radius 2 is 1.97 bits per heavy atom. The number of carbonyl (C=O) groups excluding carboxylic acids is 2. The molecule has 3 rings (SSSR count). The third-order valence-electron chi connectivity index (χ3n) is 4.97. The van der Waals surface area contributed by atoms with E-state index in [1.54, 1.807) is 32.0 Å². The van der Waals surface area contributed by atoms with Gasteiger partial charge in [0.15, 0.2) is 23.1 Å². The van der Waals surface area contributed by atoms with Crippen LogP contribution in [-0.4, -0.2) is 36.3 Å². The summed E-state index contributed by atoms with van der Waals surface area (Å²) in [6.45, 7) is 3.76. The third-order valence-corrected chi connectivity index (χ3v) is 5.22. The Kier molecular flexibility index (Phi) is 7.34. The molecule has 0 saturated heterocycles. The number of benzene rings is 2. The summed E-state index contributed by atoms with van der Waals surface area (Å²) in [7, 11) is 0. The highest BCUT2D eigenvalue weighted by Gasteiger charge is 2.35. The summed E-state index contributed by atoms with van der Waals surface area (Å²) >= 11 is 3.86. The lowest BCUT2D eigenvalue weighted by Crippen LogP contribution is -2.30. The molecule has 0 bridgehead atoms. The zero-order valence-electron chi connectivity index (χ0n) is 17.6. The SMILES string of the molecule is CC(C)(CCOC(=O)CS)[C@H](OC(=O)Nc1ccc2c(c1)OCO2)c1ccc(O)c(F)c1. The maximum atomic E-state index is 14.0. The number of rotatable bonds is 8. The number of hydrogen-bond acceptors (Lipinski definition) is 8. The van der Waals surface area contributed by atoms with Crippen LogP contribution in [0, 0.1) is 11.2 Å². The van der Waals surface area contributed by atoms with Gasteiger partial charge in [-0.25, -0.2) is 9.18 Å². The number of nitrogens with one attached hydrogen (secondary N) is 1. The average Bonchev–Trinajstić information content (AvgIpc) is 3.21. The summed E-state index contributed by atoms with van der Waals surface area (Å²) in [6, 6.07) is 8.65. The topological polar surface area (TPSA) is 103 Å². The molecule has 0 fully saturated rings. The van der Waals surface area contributed by atoms with Crippen LogP contribution in [0.2, 0.25) is 0 Å². The molecule has 2 aromatic carbocycles. The third kappa shape index (κ3) is 5.76. The van der Waals surface area contributed by atoms with Crippen molar-refractivity contribution in [1.29, 1.82) is 0 Å². The van der Waals surface area contributed by atoms with Crippen LogP contribution in [0.3, 0.4) is 0 Å². The zero-order valence-corrected chi connectivity index (χ0v) is 18.5. The van der Waals surface area contributed by atoms with Crippen molar-refractivity contribution in [3.8, 4) is 17.2 Å². The predicted molar refractivity (Wildman–Crippen MR) is 117 cm³/mol. The molecule has 0 spiro atoms. The minimum absolute atomic E-state index is 0.0541. The molecule has 8 nitrogen and oxygen atoms in total. The van der Waals surface area contributed by atoms with E-state index in [-0.39, 0.29) is 19.2 Å². The number of halogens is 1. The first-order valence-electron chi connectivity index (χ1n) is 9.82. The highest BCUT2D eigenvalue weighted by Crippen LogP contribution is 2.41. The lowest BCUT2D eigenvalue weighted by atomic mass is 9.80. The van der Waals surface area contributed by atoms with Crippen LogP contribution >= 0.6 is 12.6 Å². The maximum Gasteiger partial charge on any atom is 0.412 e. The van der Waals surface area contributed by atoms with E-state index >= 15 is 0 Å². The molecule has 1 amide bonds. The maximum absolute atomic E-state index is 14.0. The molecule has 1 aliphatic heterocycles. The van der Waals surface area contributed by atoms with E-state index in [1.807, 2.05) is 0 Å². The number of esters is 1. The normalized spacial score (nSPS) is 13.4. The van der Waals surface area contributed by atoms with Crippen LogP contribution in [0.4, 0.5) is 14.9 Å². The summed E-state index contributed by atoms with van der Waals surface area (Å²) in [5, 5.41) is 12.1. The van der Waals surface area contributed by atoms with Crippen molar-refractivity contribution < 1.29 is 38.0 Å². The minimum atomic E-state index is -0.915. The van der Waals surface area contributed by atoms with Gasteiger partial charge < -0.3 is 24.1 Å². The smallest absolute Gasteiger partial charge is 0.412 e. The van der Waals surface area contributed by atoms with E-state index < -0.39 is 35.1 Å². The molecule has 1 aliphatic rings. The minimum Gasteiger partial charge on any atom is -0.505 e. The van der Waals surface area contributed by atoms with E-state index in [2.05, 4.69) is 17.9 Å². The summed E-state index contributed by atoms with van der Waals surface area (Å²) in [5.41, 5.74) is 0.00837. The van der Waals surface area contributed by atoms with Crippen molar-refractivity contribution in [3.63, 3.8) is 0 Å². The molecule has 32 heavy (non-hydrogen) atoms. The second-order valence-corrected chi connectivity index (χ2v) is 8.12. The van der Waals surface area contributed by atoms with Gasteiger partial charge in [-0.2, -0.15) is 12.6 Å². The van der Waals surface area contributed by atoms with Gasteiger partial charge in [0.05, 0.1) is 12.4 Å². The molecule has 1 heterocycles. The number of phenolic OH excluding ortho intramolecular Hbond substituents is 1. The zero-order chi connectivity index (χ0) is 23.3. The predicted octanol–water partition coefficient (Wildman–Crippen LogP) is 4.44. The van der Waals surface area contributed by atoms with Crippen LogP contribution in [0.25, 0.3) is 0 Å². The largest absolute Gasteiger partial charge is 0.505 e. The molecular formula is C22H24FNO7S. The van der Waals surface area contributed by atoms with Crippen LogP contribution in [0.5, 0.6) is 17.2 Å². The summed E-state index contributed by atoms with van der Waals surface area (Å²) in [4.78, 5) is 24.1. The number of hydrogen-bond donors (Lipinski definition) is 3. The van der Waals surface area contributed by atoms with E-state index in [0.29, 0.717) is 29.2 Å². The quantitative estimate of drug-likeness (QED) is 0.391. The fraction of sp³-hybridized carbons (Fsp3) is 0.364. The summed E-state index contributed by atoms with van der Waals surface area (Å²) < 4.78 is 35.3. The Hall–Kier alpha value is -3.14. The van der Waals surface area contributed by atoms with Crippen molar-refractivity contribution in [3.05, 3.63) is 47.8 Å². The Morgan fingerprint density at radius 3 is 2.69 bits per heavy atom. The van der Waals surface area contributed by atoms with Crippen molar-refractivity contribution in [1.82, 2.24) is 0 Å². The Bertz CT molecular complexity index is 998. The number of phenols is 1. The number of fused-ring (bicyclic) bond motifs is 1. The Morgan fingerprint density at radius 1 is 1.22 bits per heavy atom. The molecule has 172 valence electrons. The van der Waals surface area contributed by atoms with Crippen LogP contribution in [-0.2, 0) is 14.3 Å². The lowest BCUT2D eigenvalue weighted by molar-refractivity contribution is -0.141. The number of anilines is 1. The van der Waals surface area contributed by atoms with Gasteiger partial charge in [0.2, 0.25) is 6.79 Å². The van der Waals surface area contributed by atoms with Crippen molar-refractivity contribution in [2.45, 2.75) is 26.4 Å². The second kappa shape index (κ2) is 9.99. The van der Waals surface area contributed by atoms with Crippen LogP contribution in [0.15, 0.2) is 36.4 Å². The van der Waals surface area contributed by atoms with Gasteiger partial charge in [0.1, 0.15) is 6.10 Å². The molecule has 0 unspecified atom stereocenters. The summed E-state index contributed by atoms with van der Waals surface area (Å²) in [6.07, 6.45) is -1.37. The second-order valence-electron chi connectivity index (χ2n) is 7.81. The molecule has 2 aromatic rings. The first-order chi connectivity index (χ1) is 15.2. The Labute approximate surface area is 190 Å². The molecule has 1 atom stereocenters. The fourth-order valence-corrected chi connectivity index (χ4v) is 3.29. The van der Waals surface area contributed by atoms with E-state index in [9.17, 15) is 19.1 Å². The van der Waals surface area contributed by atoms with E-state index in [0.717, 1.165) is 6.07 Å². The van der Waals surface area contributed by atoms with Crippen molar-refractivity contribution in [2.75, 3.05) is 24.5 Å². The van der Waals surface area contributed by atoms with Gasteiger partial charge in [-0.1, -0.05) is 19.9 Å². The number of ether oxygens (including phenoxy) is 4. The molecule has 0 aliphatic carbocycles. The van der Waals surface area contributed by atoms with Gasteiger partial charge in [-0.05, 0) is 36.2 Å². The van der Waals surface area contributed by atoms with E-state index in [1.165, 1.54) is 12.1 Å². The van der Waals surface area contributed by atoms with Crippen LogP contribution in [0.1, 0.15) is 31.9 Å². The van der Waals surface area contributed by atoms with Gasteiger partial charge in [0.25, 0.3) is 0 Å². The first-order valence-corrected chi connectivity index (χ1v) is 10.4. The fourth-order valence-electron chi connectivity index (χ4n) is 3.20. The lowest BCUT2D eigenvalue weighted by Gasteiger charge is -2.34. The van der Waals surface area contributed by atoms with E-state index in [4.69, 9.17) is 18.9 Å². The molecule has 0 aromatic heterocycles. The van der Waals surface area contributed by atoms with Gasteiger partial charge in [0, 0.05) is 17.2 Å². The van der Waals surface area contributed by atoms with Gasteiger partial charge in [-0.3, -0.25) is 10.1 Å². The van der Waals surface area contributed by atoms with Gasteiger partial charge >= 0.3 is 12.1 Å². The number of carbonyl (C=O) groups is 2. The Balaban J connectivity index is 1.77. The highest BCUT2D eigenvalue weighted by atomic mass is 32.1. The van der Waals surface area contributed by atoms with Gasteiger partial charge in [-0.15, -0.1) is 0 Å². The number of thiol groups is 1. The molecular weight excluding hydrogens is 441 g/mol. The standard InChI is InChI=1S/C22H24FNO7S/c1-22(2,7-8-28-19(26)11-32)20(13-3-5-16(25)15(23)9-13)31-21(27)24-14-4-6-17-18(10-14)30-12-29-17/h3-6,9-10,20,25,32H,7-8,11-12H2,1-2H3,(H,24,27)/t20-/m1/s1. The highest BCUT2D eigenvalue weighted by molar-refractivity contribution is 7.81. The monoisotopic (exact) mass is 465 g/mol. The number of aromatic hydroxyl groups is 1. The number of amides is 1. The van der Waals surface area contributed by atoms with Crippen molar-refractivity contribution >= 4 is 30.4 Å². The molecule has 0 radical (unpaired) electrons. The van der Waals surface area contributed by atoms with Crippen LogP contribution < -0.4 is 14.8 Å². The molecule has 10 heteroatoms. The average molecular weight is 465 g/mol. The first kappa shape index (κ1) is 23.5. The summed E-state index contributed by atoms with van der Waals surface area (Å²) in [5.74, 6) is -0.827.